The minimum Gasteiger partial charge on any atom is -0.508 e. The number of benzene rings is 2. The molecule has 0 aliphatic carbocycles. The first-order chi connectivity index (χ1) is 10.7. The molecule has 0 spiro atoms. The van der Waals surface area contributed by atoms with Gasteiger partial charge in [-0.15, -0.1) is 0 Å². The lowest BCUT2D eigenvalue weighted by atomic mass is 10.2. The number of thioether (sulfide) groups is 1. The van der Waals surface area contributed by atoms with Crippen LogP contribution in [0, 0.1) is 11.3 Å². The minimum atomic E-state index is 0.207. The van der Waals surface area contributed by atoms with Crippen LogP contribution in [0.5, 0.6) is 5.75 Å². The fourth-order valence-electron chi connectivity index (χ4n) is 2.12. The first-order valence-electron chi connectivity index (χ1n) is 6.67. The Kier molecular flexibility index (Phi) is 3.86. The molecule has 0 radical (unpaired) electrons. The fourth-order valence-corrected chi connectivity index (χ4v) is 2.94. The Labute approximate surface area is 132 Å². The Morgan fingerprint density at radius 1 is 1.23 bits per heavy atom. The van der Waals surface area contributed by atoms with E-state index in [9.17, 15) is 10.4 Å². The quantitative estimate of drug-likeness (QED) is 0.588. The number of aromatic hydroxyl groups is 1. The predicted molar refractivity (Wildman–Crippen MR) is 88.3 cm³/mol. The Morgan fingerprint density at radius 2 is 1.95 bits per heavy atom. The van der Waals surface area contributed by atoms with Crippen molar-refractivity contribution in [3.63, 3.8) is 0 Å². The molecular weight excluding hydrogens is 294 g/mol. The molecule has 3 rings (SSSR count). The van der Waals surface area contributed by atoms with Gasteiger partial charge in [0.25, 0.3) is 0 Å². The van der Waals surface area contributed by atoms with Crippen molar-refractivity contribution in [1.29, 1.82) is 5.26 Å². The molecule has 0 unspecified atom stereocenters. The van der Waals surface area contributed by atoms with Crippen LogP contribution in [0.1, 0.15) is 5.56 Å². The van der Waals surface area contributed by atoms with Crippen molar-refractivity contribution < 1.29 is 5.11 Å². The maximum atomic E-state index is 9.34. The van der Waals surface area contributed by atoms with Gasteiger partial charge < -0.3 is 9.67 Å². The highest BCUT2D eigenvalue weighted by molar-refractivity contribution is 8.03. The van der Waals surface area contributed by atoms with E-state index in [1.54, 1.807) is 30.3 Å². The van der Waals surface area contributed by atoms with Crippen molar-refractivity contribution in [3.05, 3.63) is 59.0 Å². The number of phenolic OH excluding ortho intramolecular Hbond substituents is 1. The number of hydrogen-bond acceptors (Lipinski definition) is 4. The van der Waals surface area contributed by atoms with E-state index in [0.29, 0.717) is 4.91 Å². The van der Waals surface area contributed by atoms with Gasteiger partial charge in [-0.1, -0.05) is 24.3 Å². The van der Waals surface area contributed by atoms with Crippen LogP contribution in [0.15, 0.2) is 58.6 Å². The second kappa shape index (κ2) is 5.96. The average molecular weight is 307 g/mol. The third-order valence-corrected chi connectivity index (χ3v) is 4.23. The van der Waals surface area contributed by atoms with Crippen LogP contribution in [0.4, 0.5) is 0 Å². The number of nitrogens with zero attached hydrogens (tertiary/aromatic N) is 3. The summed E-state index contributed by atoms with van der Waals surface area (Å²) in [6.07, 6.45) is 1.78. The summed E-state index contributed by atoms with van der Waals surface area (Å²) in [5.74, 6) is 0.207. The van der Waals surface area contributed by atoms with Gasteiger partial charge in [0.05, 0.1) is 15.9 Å². The zero-order valence-electron chi connectivity index (χ0n) is 11.9. The van der Waals surface area contributed by atoms with E-state index in [-0.39, 0.29) is 5.75 Å². The molecule has 0 aliphatic heterocycles. The van der Waals surface area contributed by atoms with Gasteiger partial charge in [0, 0.05) is 7.05 Å². The molecule has 3 aromatic rings. The SMILES string of the molecule is Cn1c(SC(C#N)=Cc2ccc(O)cc2)nc2ccccc21. The van der Waals surface area contributed by atoms with Crippen molar-refractivity contribution >= 4 is 28.9 Å². The standard InChI is InChI=1S/C17H13N3OS/c1-20-16-5-3-2-4-15(16)19-17(20)22-14(11-18)10-12-6-8-13(21)9-7-12/h2-10,21H,1H3. The number of rotatable bonds is 3. The van der Waals surface area contributed by atoms with Gasteiger partial charge in [-0.05, 0) is 47.7 Å². The first kappa shape index (κ1) is 14.2. The predicted octanol–water partition coefficient (Wildman–Crippen LogP) is 3.94. The third kappa shape index (κ3) is 2.83. The number of aryl methyl sites for hydroxylation is 1. The van der Waals surface area contributed by atoms with Crippen molar-refractivity contribution in [1.82, 2.24) is 9.55 Å². The summed E-state index contributed by atoms with van der Waals surface area (Å²) in [6, 6.07) is 16.8. The van der Waals surface area contributed by atoms with Crippen LogP contribution in [-0.4, -0.2) is 14.7 Å². The number of aromatic nitrogens is 2. The molecule has 1 aromatic heterocycles. The molecule has 0 saturated carbocycles. The summed E-state index contributed by atoms with van der Waals surface area (Å²) >= 11 is 1.33. The zero-order chi connectivity index (χ0) is 15.5. The molecule has 22 heavy (non-hydrogen) atoms. The third-order valence-electron chi connectivity index (χ3n) is 3.25. The fraction of sp³-hybridized carbons (Fsp3) is 0.0588. The van der Waals surface area contributed by atoms with Crippen LogP contribution in [0.25, 0.3) is 17.1 Å². The van der Waals surface area contributed by atoms with E-state index < -0.39 is 0 Å². The van der Waals surface area contributed by atoms with E-state index in [1.807, 2.05) is 35.9 Å². The number of imidazole rings is 1. The lowest BCUT2D eigenvalue weighted by Gasteiger charge is -2.01. The van der Waals surface area contributed by atoms with E-state index in [2.05, 4.69) is 11.1 Å². The number of hydrogen-bond donors (Lipinski definition) is 1. The largest absolute Gasteiger partial charge is 0.508 e. The highest BCUT2D eigenvalue weighted by Gasteiger charge is 2.10. The van der Waals surface area contributed by atoms with Gasteiger partial charge in [-0.2, -0.15) is 5.26 Å². The number of phenols is 1. The van der Waals surface area contributed by atoms with E-state index in [4.69, 9.17) is 0 Å². The maximum absolute atomic E-state index is 9.34. The van der Waals surface area contributed by atoms with Crippen molar-refractivity contribution in [2.45, 2.75) is 5.16 Å². The summed E-state index contributed by atoms with van der Waals surface area (Å²) < 4.78 is 1.97. The van der Waals surface area contributed by atoms with Crippen LogP contribution >= 0.6 is 11.8 Å². The summed E-state index contributed by atoms with van der Waals surface area (Å²) in [4.78, 5) is 5.10. The molecule has 0 fully saturated rings. The molecule has 1 heterocycles. The van der Waals surface area contributed by atoms with Crippen LogP contribution < -0.4 is 0 Å². The monoisotopic (exact) mass is 307 g/mol. The Morgan fingerprint density at radius 3 is 2.64 bits per heavy atom. The van der Waals surface area contributed by atoms with Gasteiger partial charge in [-0.3, -0.25) is 0 Å². The van der Waals surface area contributed by atoms with Gasteiger partial charge in [-0.25, -0.2) is 4.98 Å². The molecule has 108 valence electrons. The van der Waals surface area contributed by atoms with Crippen LogP contribution in [0.2, 0.25) is 0 Å². The number of fused-ring (bicyclic) bond motifs is 1. The molecule has 1 N–H and O–H groups in total. The Hall–Kier alpha value is -2.71. The molecule has 0 atom stereocenters. The molecular formula is C17H13N3OS. The highest BCUT2D eigenvalue weighted by Crippen LogP contribution is 2.29. The van der Waals surface area contributed by atoms with Gasteiger partial charge >= 0.3 is 0 Å². The summed E-state index contributed by atoms with van der Waals surface area (Å²) in [7, 11) is 1.94. The van der Waals surface area contributed by atoms with Gasteiger partial charge in [0.1, 0.15) is 11.8 Å². The smallest absolute Gasteiger partial charge is 0.174 e. The van der Waals surface area contributed by atoms with Crippen molar-refractivity contribution in [2.24, 2.45) is 7.05 Å². The summed E-state index contributed by atoms with van der Waals surface area (Å²) in [6.45, 7) is 0. The maximum Gasteiger partial charge on any atom is 0.174 e. The molecule has 0 aliphatic rings. The molecule has 2 aromatic carbocycles. The second-order valence-corrected chi connectivity index (χ2v) is 5.77. The van der Waals surface area contributed by atoms with Crippen molar-refractivity contribution in [2.75, 3.05) is 0 Å². The summed E-state index contributed by atoms with van der Waals surface area (Å²) in [5.41, 5.74) is 2.81. The van der Waals surface area contributed by atoms with Gasteiger partial charge in [0.2, 0.25) is 0 Å². The van der Waals surface area contributed by atoms with E-state index in [1.165, 1.54) is 11.8 Å². The lowest BCUT2D eigenvalue weighted by Crippen LogP contribution is -1.90. The molecule has 0 saturated heterocycles. The Balaban J connectivity index is 1.93. The van der Waals surface area contributed by atoms with Gasteiger partial charge in [0.15, 0.2) is 5.16 Å². The molecule has 5 heteroatoms. The normalized spacial score (nSPS) is 11.5. The van der Waals surface area contributed by atoms with E-state index in [0.717, 1.165) is 21.8 Å². The number of para-hydroxylation sites is 2. The first-order valence-corrected chi connectivity index (χ1v) is 7.49. The zero-order valence-corrected chi connectivity index (χ0v) is 12.7. The minimum absolute atomic E-state index is 0.207. The Bertz CT molecular complexity index is 888. The second-order valence-electron chi connectivity index (χ2n) is 4.76. The van der Waals surface area contributed by atoms with Crippen LogP contribution in [0.3, 0.4) is 0 Å². The van der Waals surface area contributed by atoms with E-state index >= 15 is 0 Å². The molecule has 0 amide bonds. The highest BCUT2D eigenvalue weighted by atomic mass is 32.2. The molecule has 4 nitrogen and oxygen atoms in total. The van der Waals surface area contributed by atoms with Crippen LogP contribution in [-0.2, 0) is 7.05 Å². The van der Waals surface area contributed by atoms with Crippen molar-refractivity contribution in [3.8, 4) is 11.8 Å². The average Bonchev–Trinajstić information content (AvgIpc) is 2.85. The number of allylic oxidation sites excluding steroid dienone is 1. The molecule has 0 bridgehead atoms. The summed E-state index contributed by atoms with van der Waals surface area (Å²) in [5, 5.41) is 19.4. The number of nitriles is 1. The lowest BCUT2D eigenvalue weighted by molar-refractivity contribution is 0.475. The topological polar surface area (TPSA) is 61.8 Å².